The molecule has 0 atom stereocenters. The van der Waals surface area contributed by atoms with Gasteiger partial charge in [0.25, 0.3) is 5.91 Å². The van der Waals surface area contributed by atoms with Crippen molar-refractivity contribution in [1.82, 2.24) is 14.5 Å². The second kappa shape index (κ2) is 7.96. The molecule has 1 N–H and O–H groups in total. The van der Waals surface area contributed by atoms with E-state index in [1.54, 1.807) is 19.1 Å². The van der Waals surface area contributed by atoms with Gasteiger partial charge in [-0.2, -0.15) is 4.31 Å². The SMILES string of the molecule is CCOc1ccc(C(=O)NC)cc1S(=O)(=O)N1CCN(CC)CC1. The van der Waals surface area contributed by atoms with Crippen molar-refractivity contribution in [2.45, 2.75) is 18.7 Å². The maximum atomic E-state index is 13.0. The van der Waals surface area contributed by atoms with Crippen molar-refractivity contribution in [3.8, 4) is 5.75 Å². The van der Waals surface area contributed by atoms with Gasteiger partial charge in [0.2, 0.25) is 10.0 Å². The van der Waals surface area contributed by atoms with Crippen molar-refractivity contribution in [2.24, 2.45) is 0 Å². The fraction of sp³-hybridized carbons (Fsp3) is 0.562. The molecule has 0 aliphatic carbocycles. The summed E-state index contributed by atoms with van der Waals surface area (Å²) < 4.78 is 33.0. The van der Waals surface area contributed by atoms with Gasteiger partial charge in [-0.05, 0) is 31.7 Å². The van der Waals surface area contributed by atoms with Crippen LogP contribution in [-0.4, -0.2) is 69.9 Å². The highest BCUT2D eigenvalue weighted by atomic mass is 32.2. The summed E-state index contributed by atoms with van der Waals surface area (Å²) in [4.78, 5) is 14.1. The van der Waals surface area contributed by atoms with Crippen molar-refractivity contribution >= 4 is 15.9 Å². The summed E-state index contributed by atoms with van der Waals surface area (Å²) >= 11 is 0. The molecule has 1 aromatic rings. The number of ether oxygens (including phenoxy) is 1. The van der Waals surface area contributed by atoms with E-state index in [1.165, 1.54) is 17.4 Å². The summed E-state index contributed by atoms with van der Waals surface area (Å²) in [7, 11) is -2.20. The molecule has 2 rings (SSSR count). The Morgan fingerprint density at radius 1 is 1.21 bits per heavy atom. The van der Waals surface area contributed by atoms with Crippen molar-refractivity contribution < 1.29 is 17.9 Å². The third-order valence-electron chi connectivity index (χ3n) is 4.13. The van der Waals surface area contributed by atoms with Crippen LogP contribution in [0.3, 0.4) is 0 Å². The van der Waals surface area contributed by atoms with Gasteiger partial charge in [0.15, 0.2) is 0 Å². The Hall–Kier alpha value is -1.64. The Bertz CT molecular complexity index is 683. The molecule has 1 aromatic carbocycles. The van der Waals surface area contributed by atoms with E-state index in [0.717, 1.165) is 6.54 Å². The molecule has 1 fully saturated rings. The number of hydrogen-bond acceptors (Lipinski definition) is 5. The van der Waals surface area contributed by atoms with Gasteiger partial charge in [-0.3, -0.25) is 4.79 Å². The lowest BCUT2D eigenvalue weighted by atomic mass is 10.2. The number of rotatable bonds is 6. The van der Waals surface area contributed by atoms with E-state index < -0.39 is 10.0 Å². The van der Waals surface area contributed by atoms with Crippen molar-refractivity contribution in [3.63, 3.8) is 0 Å². The molecule has 0 unspecified atom stereocenters. The van der Waals surface area contributed by atoms with Crippen LogP contribution < -0.4 is 10.1 Å². The minimum Gasteiger partial charge on any atom is -0.492 e. The van der Waals surface area contributed by atoms with E-state index in [0.29, 0.717) is 38.3 Å². The first kappa shape index (κ1) is 18.7. The molecule has 1 heterocycles. The standard InChI is InChI=1S/C16H25N3O4S/c1-4-18-8-10-19(11-9-18)24(21,22)15-12-13(16(20)17-3)6-7-14(15)23-5-2/h6-7,12H,4-5,8-11H2,1-3H3,(H,17,20). The molecule has 1 amide bonds. The Morgan fingerprint density at radius 2 is 1.88 bits per heavy atom. The highest BCUT2D eigenvalue weighted by Gasteiger charge is 2.31. The van der Waals surface area contributed by atoms with Crippen LogP contribution in [-0.2, 0) is 10.0 Å². The second-order valence-corrected chi connectivity index (χ2v) is 7.42. The molecule has 0 radical (unpaired) electrons. The van der Waals surface area contributed by atoms with E-state index in [2.05, 4.69) is 17.1 Å². The zero-order valence-electron chi connectivity index (χ0n) is 14.4. The maximum Gasteiger partial charge on any atom is 0.251 e. The van der Waals surface area contributed by atoms with E-state index in [-0.39, 0.29) is 16.6 Å². The number of carbonyl (C=O) groups excluding carboxylic acids is 1. The maximum absolute atomic E-state index is 13.0. The highest BCUT2D eigenvalue weighted by molar-refractivity contribution is 7.89. The summed E-state index contributed by atoms with van der Waals surface area (Å²) in [5.74, 6) is -0.0478. The monoisotopic (exact) mass is 355 g/mol. The second-order valence-electron chi connectivity index (χ2n) is 5.51. The summed E-state index contributed by atoms with van der Waals surface area (Å²) in [6.45, 7) is 7.39. The number of piperazine rings is 1. The molecular formula is C16H25N3O4S. The molecule has 8 heteroatoms. The normalized spacial score (nSPS) is 16.8. The summed E-state index contributed by atoms with van der Waals surface area (Å²) in [5.41, 5.74) is 0.298. The van der Waals surface area contributed by atoms with Crippen LogP contribution in [0, 0.1) is 0 Å². The van der Waals surface area contributed by atoms with Crippen LogP contribution in [0.5, 0.6) is 5.75 Å². The minimum absolute atomic E-state index is 0.0513. The van der Waals surface area contributed by atoms with Crippen molar-refractivity contribution in [3.05, 3.63) is 23.8 Å². The molecular weight excluding hydrogens is 330 g/mol. The highest BCUT2D eigenvalue weighted by Crippen LogP contribution is 2.29. The largest absolute Gasteiger partial charge is 0.492 e. The Morgan fingerprint density at radius 3 is 2.42 bits per heavy atom. The van der Waals surface area contributed by atoms with Crippen molar-refractivity contribution in [2.75, 3.05) is 46.4 Å². The van der Waals surface area contributed by atoms with E-state index in [9.17, 15) is 13.2 Å². The number of amides is 1. The van der Waals surface area contributed by atoms with Gasteiger partial charge in [-0.15, -0.1) is 0 Å². The van der Waals surface area contributed by atoms with Crippen LogP contribution in [0.4, 0.5) is 0 Å². The van der Waals surface area contributed by atoms with Crippen LogP contribution in [0.2, 0.25) is 0 Å². The van der Waals surface area contributed by atoms with Gasteiger partial charge in [-0.1, -0.05) is 6.92 Å². The smallest absolute Gasteiger partial charge is 0.251 e. The zero-order chi connectivity index (χ0) is 17.7. The van der Waals surface area contributed by atoms with Gasteiger partial charge in [0.05, 0.1) is 6.61 Å². The van der Waals surface area contributed by atoms with Crippen molar-refractivity contribution in [1.29, 1.82) is 0 Å². The van der Waals surface area contributed by atoms with E-state index >= 15 is 0 Å². The van der Waals surface area contributed by atoms with Gasteiger partial charge in [-0.25, -0.2) is 8.42 Å². The predicted octanol–water partition coefficient (Wildman–Crippen LogP) is 0.771. The summed E-state index contributed by atoms with van der Waals surface area (Å²) in [6, 6.07) is 4.51. The molecule has 7 nitrogen and oxygen atoms in total. The van der Waals surface area contributed by atoms with Crippen LogP contribution >= 0.6 is 0 Å². The first-order valence-corrected chi connectivity index (χ1v) is 9.59. The molecule has 24 heavy (non-hydrogen) atoms. The molecule has 1 saturated heterocycles. The van der Waals surface area contributed by atoms with Gasteiger partial charge >= 0.3 is 0 Å². The van der Waals surface area contributed by atoms with Gasteiger partial charge in [0.1, 0.15) is 10.6 Å². The first-order valence-electron chi connectivity index (χ1n) is 8.15. The van der Waals surface area contributed by atoms with Crippen LogP contribution in [0.15, 0.2) is 23.1 Å². The molecule has 0 aromatic heterocycles. The molecule has 0 spiro atoms. The lowest BCUT2D eigenvalue weighted by Gasteiger charge is -2.33. The Balaban J connectivity index is 2.38. The number of benzene rings is 1. The number of nitrogens with zero attached hydrogens (tertiary/aromatic N) is 2. The quantitative estimate of drug-likeness (QED) is 0.815. The molecule has 1 aliphatic rings. The predicted molar refractivity (Wildman–Crippen MR) is 91.9 cm³/mol. The number of likely N-dealkylation sites (N-methyl/N-ethyl adjacent to an activating group) is 1. The fourth-order valence-electron chi connectivity index (χ4n) is 2.70. The third-order valence-corrected chi connectivity index (χ3v) is 6.05. The lowest BCUT2D eigenvalue weighted by Crippen LogP contribution is -2.48. The van der Waals surface area contributed by atoms with Crippen LogP contribution in [0.1, 0.15) is 24.2 Å². The average Bonchev–Trinajstić information content (AvgIpc) is 2.61. The zero-order valence-corrected chi connectivity index (χ0v) is 15.2. The molecule has 1 aliphatic heterocycles. The molecule has 0 bridgehead atoms. The topological polar surface area (TPSA) is 78.9 Å². The number of carbonyl (C=O) groups is 1. The van der Waals surface area contributed by atoms with E-state index in [4.69, 9.17) is 4.74 Å². The van der Waals surface area contributed by atoms with Gasteiger partial charge in [0, 0.05) is 38.8 Å². The first-order chi connectivity index (χ1) is 11.4. The molecule has 134 valence electrons. The van der Waals surface area contributed by atoms with Gasteiger partial charge < -0.3 is 15.0 Å². The Kier molecular flexibility index (Phi) is 6.20. The average molecular weight is 355 g/mol. The van der Waals surface area contributed by atoms with E-state index in [1.807, 2.05) is 0 Å². The molecule has 0 saturated carbocycles. The number of sulfonamides is 1. The van der Waals surface area contributed by atoms with Crippen LogP contribution in [0.25, 0.3) is 0 Å². The number of nitrogens with one attached hydrogen (secondary N) is 1. The number of hydrogen-bond donors (Lipinski definition) is 1. The third kappa shape index (κ3) is 3.88. The minimum atomic E-state index is -3.71. The summed E-state index contributed by atoms with van der Waals surface area (Å²) in [6.07, 6.45) is 0. The lowest BCUT2D eigenvalue weighted by molar-refractivity contribution is 0.0963. The Labute approximate surface area is 143 Å². The summed E-state index contributed by atoms with van der Waals surface area (Å²) in [5, 5.41) is 2.51. The fourth-order valence-corrected chi connectivity index (χ4v) is 4.27.